The Hall–Kier alpha value is -1.80. The van der Waals surface area contributed by atoms with Crippen LogP contribution in [0.2, 0.25) is 0 Å². The van der Waals surface area contributed by atoms with E-state index in [0.717, 1.165) is 37.8 Å². The van der Waals surface area contributed by atoms with Gasteiger partial charge in [-0.1, -0.05) is 0 Å². The number of aromatic nitrogens is 6. The van der Waals surface area contributed by atoms with Crippen LogP contribution in [0, 0.1) is 6.92 Å². The topological polar surface area (TPSA) is 84.8 Å². The largest absolute Gasteiger partial charge is 0.367 e. The number of rotatable bonds is 4. The third kappa shape index (κ3) is 2.96. The molecule has 3 rings (SSSR count). The van der Waals surface area contributed by atoms with Crippen molar-refractivity contribution in [1.29, 1.82) is 0 Å². The lowest BCUT2D eigenvalue weighted by molar-refractivity contribution is -0.0352. The lowest BCUT2D eigenvalue weighted by atomic mass is 10.2. The summed E-state index contributed by atoms with van der Waals surface area (Å²) in [5.74, 6) is 1.56. The summed E-state index contributed by atoms with van der Waals surface area (Å²) in [6, 6.07) is 0. The first-order valence-corrected chi connectivity index (χ1v) is 6.36. The van der Waals surface area contributed by atoms with Gasteiger partial charge >= 0.3 is 0 Å². The predicted molar refractivity (Wildman–Crippen MR) is 66.3 cm³/mol. The molecule has 0 aromatic carbocycles. The highest BCUT2D eigenvalue weighted by atomic mass is 16.5. The number of nitrogens with one attached hydrogen (secondary N) is 1. The first kappa shape index (κ1) is 12.2. The van der Waals surface area contributed by atoms with Crippen molar-refractivity contribution in [2.24, 2.45) is 0 Å². The molecule has 1 N–H and O–H groups in total. The van der Waals surface area contributed by atoms with Crippen LogP contribution in [0.15, 0.2) is 12.7 Å². The molecule has 8 heteroatoms. The molecule has 1 fully saturated rings. The van der Waals surface area contributed by atoms with Crippen LogP contribution < -0.4 is 0 Å². The average Bonchev–Trinajstić information content (AvgIpc) is 3.08. The van der Waals surface area contributed by atoms with E-state index < -0.39 is 0 Å². The van der Waals surface area contributed by atoms with Crippen LogP contribution in [-0.2, 0) is 11.3 Å². The number of morpholine rings is 1. The van der Waals surface area contributed by atoms with Crippen LogP contribution >= 0.6 is 0 Å². The first-order chi connectivity index (χ1) is 9.31. The van der Waals surface area contributed by atoms with E-state index in [1.165, 1.54) is 0 Å². The fraction of sp³-hybridized carbons (Fsp3) is 0.636. The van der Waals surface area contributed by atoms with Crippen LogP contribution in [0.5, 0.6) is 0 Å². The lowest BCUT2D eigenvalue weighted by Gasteiger charge is -2.31. The molecular formula is C11H17N7O. The van der Waals surface area contributed by atoms with Crippen LogP contribution in [-0.4, -0.2) is 61.1 Å². The quantitative estimate of drug-likeness (QED) is 0.820. The zero-order chi connectivity index (χ0) is 13.1. The molecule has 0 amide bonds. The molecule has 0 unspecified atom stereocenters. The van der Waals surface area contributed by atoms with Gasteiger partial charge in [0, 0.05) is 19.6 Å². The van der Waals surface area contributed by atoms with Gasteiger partial charge in [-0.2, -0.15) is 10.2 Å². The number of nitrogens with zero attached hydrogens (tertiary/aromatic N) is 6. The zero-order valence-electron chi connectivity index (χ0n) is 10.9. The maximum absolute atomic E-state index is 5.72. The molecule has 0 radical (unpaired) electrons. The minimum Gasteiger partial charge on any atom is -0.367 e. The first-order valence-electron chi connectivity index (χ1n) is 6.36. The maximum Gasteiger partial charge on any atom is 0.180 e. The molecule has 2 aromatic rings. The normalized spacial score (nSPS) is 20.8. The number of ether oxygens (including phenoxy) is 1. The van der Waals surface area contributed by atoms with Gasteiger partial charge in [-0.3, -0.25) is 14.7 Å². The standard InChI is InChI=1S/C11H17N7O/c1-9-14-11(16-15-9)10-6-17(4-5-19-10)2-3-18-8-12-7-13-18/h7-8,10H,2-6H2,1H3,(H,14,15,16)/t10-/m1/s1. The van der Waals surface area contributed by atoms with Gasteiger partial charge in [0.1, 0.15) is 24.6 Å². The molecule has 0 spiro atoms. The summed E-state index contributed by atoms with van der Waals surface area (Å²) in [7, 11) is 0. The molecular weight excluding hydrogens is 246 g/mol. The van der Waals surface area contributed by atoms with Crippen molar-refractivity contribution in [2.45, 2.75) is 19.6 Å². The fourth-order valence-corrected chi connectivity index (χ4v) is 2.16. The molecule has 1 saturated heterocycles. The van der Waals surface area contributed by atoms with Gasteiger partial charge in [-0.25, -0.2) is 9.97 Å². The second kappa shape index (κ2) is 5.45. The Balaban J connectivity index is 1.56. The van der Waals surface area contributed by atoms with E-state index in [-0.39, 0.29) is 6.10 Å². The number of aromatic amines is 1. The number of hydrogen-bond acceptors (Lipinski definition) is 6. The van der Waals surface area contributed by atoms with Crippen molar-refractivity contribution in [1.82, 2.24) is 34.8 Å². The lowest BCUT2D eigenvalue weighted by Crippen LogP contribution is -2.40. The fourth-order valence-electron chi connectivity index (χ4n) is 2.16. The molecule has 2 aromatic heterocycles. The monoisotopic (exact) mass is 263 g/mol. The minimum atomic E-state index is -0.0468. The van der Waals surface area contributed by atoms with Crippen molar-refractivity contribution in [3.8, 4) is 0 Å². The third-order valence-corrected chi connectivity index (χ3v) is 3.16. The Bertz CT molecular complexity index is 509. The van der Waals surface area contributed by atoms with Gasteiger partial charge < -0.3 is 4.74 Å². The van der Waals surface area contributed by atoms with Gasteiger partial charge in [-0.15, -0.1) is 0 Å². The van der Waals surface area contributed by atoms with Crippen molar-refractivity contribution in [2.75, 3.05) is 26.2 Å². The van der Waals surface area contributed by atoms with E-state index in [0.29, 0.717) is 6.61 Å². The second-order valence-electron chi connectivity index (χ2n) is 4.60. The van der Waals surface area contributed by atoms with Crippen molar-refractivity contribution >= 4 is 0 Å². The van der Waals surface area contributed by atoms with E-state index in [9.17, 15) is 0 Å². The molecule has 0 saturated carbocycles. The maximum atomic E-state index is 5.72. The van der Waals surface area contributed by atoms with Gasteiger partial charge in [0.15, 0.2) is 5.82 Å². The summed E-state index contributed by atoms with van der Waals surface area (Å²) in [5, 5.41) is 11.1. The minimum absolute atomic E-state index is 0.0468. The van der Waals surface area contributed by atoms with Crippen LogP contribution in [0.4, 0.5) is 0 Å². The van der Waals surface area contributed by atoms with Crippen molar-refractivity contribution in [3.05, 3.63) is 24.3 Å². The van der Waals surface area contributed by atoms with Crippen LogP contribution in [0.25, 0.3) is 0 Å². The smallest absolute Gasteiger partial charge is 0.180 e. The van der Waals surface area contributed by atoms with E-state index >= 15 is 0 Å². The summed E-state index contributed by atoms with van der Waals surface area (Å²) in [6.45, 7) is 6.09. The van der Waals surface area contributed by atoms with Crippen molar-refractivity contribution in [3.63, 3.8) is 0 Å². The molecule has 19 heavy (non-hydrogen) atoms. The molecule has 3 heterocycles. The zero-order valence-corrected chi connectivity index (χ0v) is 10.9. The highest BCUT2D eigenvalue weighted by Gasteiger charge is 2.24. The summed E-state index contributed by atoms with van der Waals surface area (Å²) in [6.07, 6.45) is 3.24. The second-order valence-corrected chi connectivity index (χ2v) is 4.60. The van der Waals surface area contributed by atoms with Gasteiger partial charge in [-0.05, 0) is 6.92 Å². The SMILES string of the molecule is Cc1nc([C@H]2CN(CCn3cncn3)CCO2)n[nH]1. The molecule has 0 bridgehead atoms. The molecule has 1 aliphatic rings. The molecule has 102 valence electrons. The Morgan fingerprint density at radius 2 is 2.42 bits per heavy atom. The van der Waals surface area contributed by atoms with Gasteiger partial charge in [0.05, 0.1) is 13.2 Å². The van der Waals surface area contributed by atoms with E-state index in [1.807, 2.05) is 11.6 Å². The number of aryl methyl sites for hydroxylation is 1. The Morgan fingerprint density at radius 1 is 1.47 bits per heavy atom. The number of H-pyrrole nitrogens is 1. The summed E-state index contributed by atoms with van der Waals surface area (Å²) in [4.78, 5) is 10.6. The molecule has 1 aliphatic heterocycles. The molecule has 0 aliphatic carbocycles. The van der Waals surface area contributed by atoms with E-state index in [1.54, 1.807) is 12.7 Å². The van der Waals surface area contributed by atoms with Gasteiger partial charge in [0.25, 0.3) is 0 Å². The van der Waals surface area contributed by atoms with Crippen LogP contribution in [0.1, 0.15) is 17.8 Å². The Labute approximate surface area is 110 Å². The predicted octanol–water partition coefficient (Wildman–Crippen LogP) is -0.222. The van der Waals surface area contributed by atoms with Crippen LogP contribution in [0.3, 0.4) is 0 Å². The van der Waals surface area contributed by atoms with E-state index in [4.69, 9.17) is 4.74 Å². The highest BCUT2D eigenvalue weighted by Crippen LogP contribution is 2.18. The molecule has 1 atom stereocenters. The summed E-state index contributed by atoms with van der Waals surface area (Å²) < 4.78 is 7.56. The Morgan fingerprint density at radius 3 is 3.16 bits per heavy atom. The number of hydrogen-bond donors (Lipinski definition) is 1. The highest BCUT2D eigenvalue weighted by molar-refractivity contribution is 4.95. The Kier molecular flexibility index (Phi) is 3.51. The summed E-state index contributed by atoms with van der Waals surface area (Å²) in [5.41, 5.74) is 0. The van der Waals surface area contributed by atoms with E-state index in [2.05, 4.69) is 30.2 Å². The average molecular weight is 263 g/mol. The third-order valence-electron chi connectivity index (χ3n) is 3.16. The van der Waals surface area contributed by atoms with Gasteiger partial charge in [0.2, 0.25) is 0 Å². The molecule has 8 nitrogen and oxygen atoms in total. The van der Waals surface area contributed by atoms with Crippen molar-refractivity contribution < 1.29 is 4.74 Å². The summed E-state index contributed by atoms with van der Waals surface area (Å²) >= 11 is 0.